The van der Waals surface area contributed by atoms with Crippen LogP contribution in [0.5, 0.6) is 0 Å². The summed E-state index contributed by atoms with van der Waals surface area (Å²) in [4.78, 5) is 0. The van der Waals surface area contributed by atoms with Crippen molar-refractivity contribution < 1.29 is 5.58 Å². The van der Waals surface area contributed by atoms with Crippen LogP contribution in [0, 0.1) is 0 Å². The van der Waals surface area contributed by atoms with E-state index in [-0.39, 0.29) is 11.3 Å². The maximum absolute atomic E-state index is 11.4. The van der Waals surface area contributed by atoms with E-state index in [1.165, 1.54) is 0 Å². The van der Waals surface area contributed by atoms with Gasteiger partial charge in [-0.2, -0.15) is 0 Å². The van der Waals surface area contributed by atoms with Crippen molar-refractivity contribution in [3.05, 3.63) is 0 Å². The molecule has 0 amide bonds. The molecule has 1 rings (SSSR count). The van der Waals surface area contributed by atoms with Crippen molar-refractivity contribution in [3.8, 4) is 0 Å². The third-order valence-electron chi connectivity index (χ3n) is 1.07. The van der Waals surface area contributed by atoms with Crippen LogP contribution in [0.15, 0.2) is 0 Å². The molecule has 3 atom stereocenters. The van der Waals surface area contributed by atoms with E-state index in [2.05, 4.69) is 0 Å². The zero-order valence-electron chi connectivity index (χ0n) is 7.05. The summed E-state index contributed by atoms with van der Waals surface area (Å²) in [7, 11) is -0.962. The summed E-state index contributed by atoms with van der Waals surface area (Å²) < 4.78 is 20.0. The van der Waals surface area contributed by atoms with Crippen LogP contribution in [0.4, 0.5) is 0 Å². The minimum Gasteiger partial charge on any atom is -0.242 e. The predicted molar refractivity (Wildman–Crippen MR) is 39.5 cm³/mol. The van der Waals surface area contributed by atoms with Crippen LogP contribution in [-0.4, -0.2) is 26.3 Å². The van der Waals surface area contributed by atoms with Gasteiger partial charge in [-0.15, -0.1) is 0 Å². The van der Waals surface area contributed by atoms with E-state index in [9.17, 15) is 4.21 Å². The van der Waals surface area contributed by atoms with Gasteiger partial charge in [0, 0.05) is 14.4 Å². The number of rotatable bonds is 1. The Kier molecular flexibility index (Phi) is 1.34. The number of hydrogen-bond acceptors (Lipinski definition) is 1. The van der Waals surface area contributed by atoms with Gasteiger partial charge < -0.3 is 0 Å². The molecule has 0 aliphatic carbocycles. The lowest BCUT2D eigenvalue weighted by molar-refractivity contribution is 0.618. The van der Waals surface area contributed by atoms with E-state index < -0.39 is 11.0 Å². The molecule has 1 fully saturated rings. The molecule has 1 aliphatic rings. The first-order valence-corrected chi connectivity index (χ1v) is 4.14. The first-order valence-electron chi connectivity index (χ1n) is 3.61. The summed E-state index contributed by atoms with van der Waals surface area (Å²) in [5, 5.41) is 0. The standard InChI is InChI=1S/C6H13NOS/c1-6(2,3)9(8)7-4-5-7/h4-5H2,1-3H3/t9-/m1/s1/i4D/t4-,7?,9+/m0. The van der Waals surface area contributed by atoms with E-state index in [1.807, 2.05) is 20.8 Å². The van der Waals surface area contributed by atoms with Crippen molar-refractivity contribution in [1.29, 1.82) is 0 Å². The fraction of sp³-hybridized carbons (Fsp3) is 1.00. The third-order valence-corrected chi connectivity index (χ3v) is 2.84. The van der Waals surface area contributed by atoms with Gasteiger partial charge in [-0.3, -0.25) is 0 Å². The van der Waals surface area contributed by atoms with Crippen molar-refractivity contribution in [3.63, 3.8) is 0 Å². The molecule has 1 aliphatic heterocycles. The number of hydrogen-bond donors (Lipinski definition) is 0. The summed E-state index contributed by atoms with van der Waals surface area (Å²) in [6, 6.07) is 0. The highest BCUT2D eigenvalue weighted by molar-refractivity contribution is 7.84. The minimum atomic E-state index is -0.962. The molecular formula is C6H13NOS. The largest absolute Gasteiger partial charge is 0.242 e. The maximum Gasteiger partial charge on any atom is 0.0998 e. The zero-order chi connectivity index (χ0) is 7.94. The van der Waals surface area contributed by atoms with Gasteiger partial charge in [0.05, 0.1) is 15.7 Å². The van der Waals surface area contributed by atoms with Crippen LogP contribution in [0.3, 0.4) is 0 Å². The van der Waals surface area contributed by atoms with Crippen molar-refractivity contribution in [2.24, 2.45) is 0 Å². The zero-order valence-corrected chi connectivity index (χ0v) is 6.86. The average Bonchev–Trinajstić information content (AvgIpc) is 2.42. The molecule has 1 heterocycles. The molecule has 0 radical (unpaired) electrons. The maximum atomic E-state index is 11.4. The van der Waals surface area contributed by atoms with E-state index in [1.54, 1.807) is 4.31 Å². The molecule has 0 aromatic carbocycles. The second-order valence-electron chi connectivity index (χ2n) is 3.14. The number of nitrogens with zero attached hydrogens (tertiary/aromatic N) is 1. The van der Waals surface area contributed by atoms with E-state index in [0.29, 0.717) is 6.54 Å². The molecule has 2 nitrogen and oxygen atoms in total. The smallest absolute Gasteiger partial charge is 0.0998 e. The predicted octanol–water partition coefficient (Wildman–Crippen LogP) is 0.764. The summed E-state index contributed by atoms with van der Waals surface area (Å²) in [6.45, 7) is 6.24. The van der Waals surface area contributed by atoms with Gasteiger partial charge in [-0.25, -0.2) is 8.51 Å². The Hall–Kier alpha value is 0.110. The lowest BCUT2D eigenvalue weighted by atomic mass is 10.3. The molecule has 9 heavy (non-hydrogen) atoms. The van der Waals surface area contributed by atoms with Crippen LogP contribution >= 0.6 is 0 Å². The Balaban J connectivity index is 2.51. The lowest BCUT2D eigenvalue weighted by Crippen LogP contribution is -2.26. The van der Waals surface area contributed by atoms with E-state index in [0.717, 1.165) is 0 Å². The van der Waals surface area contributed by atoms with Crippen molar-refractivity contribution >= 4 is 11.0 Å². The Labute approximate surface area is 60.2 Å². The second kappa shape index (κ2) is 2.06. The summed E-state index contributed by atoms with van der Waals surface area (Å²) >= 11 is 0. The first kappa shape index (κ1) is 5.86. The third kappa shape index (κ3) is 1.76. The highest BCUT2D eigenvalue weighted by Gasteiger charge is 2.32. The van der Waals surface area contributed by atoms with Gasteiger partial charge in [0.25, 0.3) is 0 Å². The molecule has 3 heteroatoms. The first-order chi connectivity index (χ1) is 4.43. The quantitative estimate of drug-likeness (QED) is 0.503. The molecule has 0 N–H and O–H groups in total. The Bertz CT molecular complexity index is 166. The van der Waals surface area contributed by atoms with Gasteiger partial charge >= 0.3 is 0 Å². The monoisotopic (exact) mass is 148 g/mol. The van der Waals surface area contributed by atoms with Gasteiger partial charge in [0.15, 0.2) is 0 Å². The minimum absolute atomic E-state index is 0.199. The fourth-order valence-corrected chi connectivity index (χ4v) is 1.56. The van der Waals surface area contributed by atoms with Crippen LogP contribution in [0.25, 0.3) is 0 Å². The van der Waals surface area contributed by atoms with E-state index >= 15 is 0 Å². The van der Waals surface area contributed by atoms with Gasteiger partial charge in [0.2, 0.25) is 0 Å². The summed E-state index contributed by atoms with van der Waals surface area (Å²) in [6.07, 6.45) is 0. The fourth-order valence-electron chi connectivity index (χ4n) is 0.520. The van der Waals surface area contributed by atoms with Gasteiger partial charge in [-0.1, -0.05) is 0 Å². The SMILES string of the molecule is [2H][C@H]1CN1[S@](=O)C(C)(C)C. The van der Waals surface area contributed by atoms with Crippen molar-refractivity contribution in [1.82, 2.24) is 4.31 Å². The molecule has 1 unspecified atom stereocenters. The van der Waals surface area contributed by atoms with Crippen molar-refractivity contribution in [2.75, 3.05) is 13.1 Å². The Morgan fingerprint density at radius 3 is 2.22 bits per heavy atom. The highest BCUT2D eigenvalue weighted by Crippen LogP contribution is 2.20. The summed E-state index contributed by atoms with van der Waals surface area (Å²) in [5.41, 5.74) is 0. The molecular weight excluding hydrogens is 134 g/mol. The Morgan fingerprint density at radius 2 is 2.11 bits per heavy atom. The molecule has 1 saturated heterocycles. The van der Waals surface area contributed by atoms with Crippen LogP contribution in [-0.2, 0) is 11.0 Å². The summed E-state index contributed by atoms with van der Waals surface area (Å²) in [5.74, 6) is 0. The van der Waals surface area contributed by atoms with Gasteiger partial charge in [-0.05, 0) is 20.8 Å². The topological polar surface area (TPSA) is 20.1 Å². The molecule has 54 valence electrons. The highest BCUT2D eigenvalue weighted by atomic mass is 32.2. The molecule has 0 spiro atoms. The van der Waals surface area contributed by atoms with Crippen LogP contribution in [0.1, 0.15) is 22.1 Å². The van der Waals surface area contributed by atoms with Crippen LogP contribution in [0.2, 0.25) is 0 Å². The molecule has 0 bridgehead atoms. The molecule has 0 aromatic rings. The van der Waals surface area contributed by atoms with Gasteiger partial charge in [0.1, 0.15) is 0 Å². The lowest BCUT2D eigenvalue weighted by Gasteiger charge is -2.16. The van der Waals surface area contributed by atoms with E-state index in [4.69, 9.17) is 1.37 Å². The van der Waals surface area contributed by atoms with Crippen molar-refractivity contribution in [2.45, 2.75) is 25.5 Å². The Morgan fingerprint density at radius 1 is 1.67 bits per heavy atom. The van der Waals surface area contributed by atoms with Crippen LogP contribution < -0.4 is 0 Å². The average molecular weight is 148 g/mol. The molecule has 0 aromatic heterocycles. The second-order valence-corrected chi connectivity index (χ2v) is 5.34. The molecule has 0 saturated carbocycles. The normalized spacial score (nSPS) is 39.7.